The maximum atomic E-state index is 12.6. The highest BCUT2D eigenvalue weighted by molar-refractivity contribution is 5.85. The monoisotopic (exact) mass is 410 g/mol. The number of hydrogen-bond donors (Lipinski definition) is 2. The normalized spacial score (nSPS) is 18.2. The molecule has 0 unspecified atom stereocenters. The van der Waals surface area contributed by atoms with Gasteiger partial charge in [0.15, 0.2) is 0 Å². The van der Waals surface area contributed by atoms with Crippen molar-refractivity contribution in [1.82, 2.24) is 20.4 Å². The molecule has 2 N–H and O–H groups in total. The molecule has 0 bridgehead atoms. The van der Waals surface area contributed by atoms with Gasteiger partial charge in [0.05, 0.1) is 32.9 Å². The van der Waals surface area contributed by atoms with E-state index in [9.17, 15) is 4.79 Å². The van der Waals surface area contributed by atoms with Crippen molar-refractivity contribution in [1.29, 1.82) is 0 Å². The molecule has 0 spiro atoms. The number of nitrogens with one attached hydrogen (secondary N) is 2. The number of amides is 1. The van der Waals surface area contributed by atoms with Crippen molar-refractivity contribution in [2.24, 2.45) is 13.0 Å². The van der Waals surface area contributed by atoms with Crippen LogP contribution in [0.5, 0.6) is 17.2 Å². The topological polar surface area (TPSA) is 86.6 Å². The van der Waals surface area contributed by atoms with Crippen molar-refractivity contribution in [2.75, 3.05) is 40.5 Å². The minimum absolute atomic E-state index is 0. The highest BCUT2D eigenvalue weighted by atomic mass is 35.5. The van der Waals surface area contributed by atoms with Crippen molar-refractivity contribution in [3.05, 3.63) is 36.2 Å². The number of rotatable bonds is 8. The standard InChI is InChI=1S/C19H26N4O4.ClH/c1-23-12-13(9-22-23)17-10-20-11-18(17)19(24)21-4-5-27-16-7-14(25-2)6-15(8-16)26-3;/h6-9,12,17-18,20H,4-5,10-11H2,1-3H3,(H,21,24);1H/t17-,18+;/m1./s1. The number of aromatic nitrogens is 2. The zero-order valence-electron chi connectivity index (χ0n) is 16.3. The molecule has 1 aliphatic rings. The summed E-state index contributed by atoms with van der Waals surface area (Å²) in [5.74, 6) is 2.01. The van der Waals surface area contributed by atoms with Crippen LogP contribution in [0.3, 0.4) is 0 Å². The number of ether oxygens (including phenoxy) is 3. The van der Waals surface area contributed by atoms with Gasteiger partial charge in [-0.05, 0) is 5.56 Å². The number of carbonyl (C=O) groups is 1. The third-order valence-corrected chi connectivity index (χ3v) is 4.70. The average Bonchev–Trinajstić information content (AvgIpc) is 3.33. The molecule has 1 amide bonds. The highest BCUT2D eigenvalue weighted by Crippen LogP contribution is 2.28. The van der Waals surface area contributed by atoms with Gasteiger partial charge in [0, 0.05) is 50.5 Å². The van der Waals surface area contributed by atoms with Crippen LogP contribution in [0.4, 0.5) is 0 Å². The van der Waals surface area contributed by atoms with E-state index in [0.29, 0.717) is 36.9 Å². The van der Waals surface area contributed by atoms with E-state index >= 15 is 0 Å². The molecular formula is C19H27ClN4O4. The van der Waals surface area contributed by atoms with Crippen LogP contribution in [0.1, 0.15) is 11.5 Å². The summed E-state index contributed by atoms with van der Waals surface area (Å²) in [6, 6.07) is 5.34. The first kappa shape index (κ1) is 21.8. The molecule has 1 aromatic carbocycles. The zero-order chi connectivity index (χ0) is 19.2. The summed E-state index contributed by atoms with van der Waals surface area (Å²) in [7, 11) is 5.06. The lowest BCUT2D eigenvalue weighted by Crippen LogP contribution is -2.36. The summed E-state index contributed by atoms with van der Waals surface area (Å²) in [5, 5.41) is 10.5. The number of methoxy groups -OCH3 is 2. The molecule has 2 heterocycles. The Balaban J connectivity index is 0.00000280. The minimum Gasteiger partial charge on any atom is -0.496 e. The molecule has 0 saturated carbocycles. The maximum Gasteiger partial charge on any atom is 0.225 e. The predicted octanol–water partition coefficient (Wildman–Crippen LogP) is 1.36. The summed E-state index contributed by atoms with van der Waals surface area (Å²) < 4.78 is 17.9. The van der Waals surface area contributed by atoms with Gasteiger partial charge in [0.2, 0.25) is 5.91 Å². The Bertz CT molecular complexity index is 761. The van der Waals surface area contributed by atoms with Crippen LogP contribution in [0.2, 0.25) is 0 Å². The second kappa shape index (κ2) is 10.2. The fourth-order valence-corrected chi connectivity index (χ4v) is 3.27. The van der Waals surface area contributed by atoms with Gasteiger partial charge in [0.25, 0.3) is 0 Å². The molecule has 2 atom stereocenters. The van der Waals surface area contributed by atoms with Crippen molar-refractivity contribution < 1.29 is 19.0 Å². The molecule has 1 fully saturated rings. The Kier molecular flexibility index (Phi) is 7.95. The Hall–Kier alpha value is -2.45. The minimum atomic E-state index is -0.105. The number of aryl methyl sites for hydroxylation is 1. The van der Waals surface area contributed by atoms with Gasteiger partial charge >= 0.3 is 0 Å². The largest absolute Gasteiger partial charge is 0.496 e. The molecule has 9 heteroatoms. The maximum absolute atomic E-state index is 12.6. The second-order valence-electron chi connectivity index (χ2n) is 6.51. The van der Waals surface area contributed by atoms with E-state index < -0.39 is 0 Å². The van der Waals surface area contributed by atoms with Gasteiger partial charge in [-0.3, -0.25) is 9.48 Å². The molecule has 154 valence electrons. The Labute approximate surface area is 170 Å². The molecule has 8 nitrogen and oxygen atoms in total. The summed E-state index contributed by atoms with van der Waals surface area (Å²) in [6.45, 7) is 2.23. The van der Waals surface area contributed by atoms with Crippen LogP contribution < -0.4 is 24.8 Å². The van der Waals surface area contributed by atoms with E-state index in [0.717, 1.165) is 12.1 Å². The number of carbonyl (C=O) groups excluding carboxylic acids is 1. The van der Waals surface area contributed by atoms with Crippen LogP contribution >= 0.6 is 12.4 Å². The van der Waals surface area contributed by atoms with Crippen LogP contribution in [-0.2, 0) is 11.8 Å². The van der Waals surface area contributed by atoms with Gasteiger partial charge in [0.1, 0.15) is 23.9 Å². The van der Waals surface area contributed by atoms with Gasteiger partial charge in [-0.15, -0.1) is 12.4 Å². The first-order valence-corrected chi connectivity index (χ1v) is 8.93. The molecule has 2 aromatic rings. The van der Waals surface area contributed by atoms with Crippen LogP contribution in [0.15, 0.2) is 30.6 Å². The van der Waals surface area contributed by atoms with E-state index in [1.165, 1.54) is 0 Å². The fraction of sp³-hybridized carbons (Fsp3) is 0.474. The predicted molar refractivity (Wildman–Crippen MR) is 108 cm³/mol. The van der Waals surface area contributed by atoms with E-state index in [1.807, 2.05) is 19.4 Å². The third kappa shape index (κ3) is 5.30. The molecule has 1 saturated heterocycles. The quantitative estimate of drug-likeness (QED) is 0.639. The molecule has 0 radical (unpaired) electrons. The van der Waals surface area contributed by atoms with Gasteiger partial charge in [-0.1, -0.05) is 0 Å². The lowest BCUT2D eigenvalue weighted by molar-refractivity contribution is -0.124. The summed E-state index contributed by atoms with van der Waals surface area (Å²) in [4.78, 5) is 12.6. The first-order chi connectivity index (χ1) is 13.1. The fourth-order valence-electron chi connectivity index (χ4n) is 3.27. The van der Waals surface area contributed by atoms with Crippen molar-refractivity contribution >= 4 is 18.3 Å². The van der Waals surface area contributed by atoms with E-state index in [-0.39, 0.29) is 30.2 Å². The zero-order valence-corrected chi connectivity index (χ0v) is 17.1. The van der Waals surface area contributed by atoms with E-state index in [2.05, 4.69) is 15.7 Å². The summed E-state index contributed by atoms with van der Waals surface area (Å²) in [5.41, 5.74) is 1.09. The number of halogens is 1. The summed E-state index contributed by atoms with van der Waals surface area (Å²) in [6.07, 6.45) is 3.80. The molecule has 3 rings (SSSR count). The Morgan fingerprint density at radius 2 is 1.89 bits per heavy atom. The molecule has 1 aliphatic heterocycles. The van der Waals surface area contributed by atoms with Crippen molar-refractivity contribution in [2.45, 2.75) is 5.92 Å². The Morgan fingerprint density at radius 3 is 2.50 bits per heavy atom. The lowest BCUT2D eigenvalue weighted by Gasteiger charge is -2.17. The van der Waals surface area contributed by atoms with Crippen molar-refractivity contribution in [3.63, 3.8) is 0 Å². The van der Waals surface area contributed by atoms with Crippen LogP contribution in [0.25, 0.3) is 0 Å². The molecule has 1 aromatic heterocycles. The van der Waals surface area contributed by atoms with Gasteiger partial charge in [-0.25, -0.2) is 0 Å². The first-order valence-electron chi connectivity index (χ1n) is 8.93. The van der Waals surface area contributed by atoms with Gasteiger partial charge < -0.3 is 24.8 Å². The SMILES string of the molecule is COc1cc(OC)cc(OCCNC(=O)[C@H]2CNC[C@@H]2c2cnn(C)c2)c1.Cl. The number of nitrogens with zero attached hydrogens (tertiary/aromatic N) is 2. The Morgan fingerprint density at radius 1 is 1.21 bits per heavy atom. The second-order valence-corrected chi connectivity index (χ2v) is 6.51. The van der Waals surface area contributed by atoms with E-state index in [1.54, 1.807) is 37.1 Å². The van der Waals surface area contributed by atoms with Crippen LogP contribution in [0, 0.1) is 5.92 Å². The lowest BCUT2D eigenvalue weighted by atomic mass is 9.90. The number of hydrogen-bond acceptors (Lipinski definition) is 6. The molecule has 28 heavy (non-hydrogen) atoms. The van der Waals surface area contributed by atoms with Gasteiger partial charge in [-0.2, -0.15) is 5.10 Å². The molecule has 0 aliphatic carbocycles. The smallest absolute Gasteiger partial charge is 0.225 e. The summed E-state index contributed by atoms with van der Waals surface area (Å²) >= 11 is 0. The van der Waals surface area contributed by atoms with Crippen LogP contribution in [-0.4, -0.2) is 56.1 Å². The van der Waals surface area contributed by atoms with E-state index in [4.69, 9.17) is 14.2 Å². The highest BCUT2D eigenvalue weighted by Gasteiger charge is 2.34. The number of benzene rings is 1. The van der Waals surface area contributed by atoms with Crippen molar-refractivity contribution in [3.8, 4) is 17.2 Å². The third-order valence-electron chi connectivity index (χ3n) is 4.70. The average molecular weight is 411 g/mol. The molecular weight excluding hydrogens is 384 g/mol.